The molecule has 2 fully saturated rings. The predicted octanol–water partition coefficient (Wildman–Crippen LogP) is 7.82. The molecule has 0 unspecified atom stereocenters. The lowest BCUT2D eigenvalue weighted by Crippen LogP contribution is -2.68. The fourth-order valence-electron chi connectivity index (χ4n) is 13.6. The van der Waals surface area contributed by atoms with Gasteiger partial charge in [-0.3, -0.25) is 33.0 Å². The molecule has 646 valence electrons. The van der Waals surface area contributed by atoms with Crippen LogP contribution in [0.2, 0.25) is 0 Å². The summed E-state index contributed by atoms with van der Waals surface area (Å²) in [6.45, 7) is 4.90. The van der Waals surface area contributed by atoms with Crippen LogP contribution in [0.4, 0.5) is 0 Å². The van der Waals surface area contributed by atoms with Crippen molar-refractivity contribution < 1.29 is 146 Å². The molecule has 2 saturated heterocycles. The molecule has 2 aliphatic rings. The average molecular weight is 1630 g/mol. The molecular formula is C76H142N2O30P2. The van der Waals surface area contributed by atoms with Crippen LogP contribution in [0.15, 0.2) is 0 Å². The van der Waals surface area contributed by atoms with Gasteiger partial charge in [0.25, 0.3) is 0 Å². The van der Waals surface area contributed by atoms with E-state index in [9.17, 15) is 109 Å². The van der Waals surface area contributed by atoms with Crippen LogP contribution in [0.3, 0.4) is 0 Å². The minimum absolute atomic E-state index is 0.0712. The number of hydrogen-bond donors (Lipinski definition) is 16. The van der Waals surface area contributed by atoms with Crippen molar-refractivity contribution in [2.45, 2.75) is 427 Å². The van der Waals surface area contributed by atoms with Crippen LogP contribution in [0, 0.1) is 0 Å². The van der Waals surface area contributed by atoms with E-state index in [0.717, 1.165) is 193 Å². The third kappa shape index (κ3) is 47.1. The summed E-state index contributed by atoms with van der Waals surface area (Å²) in [6, 6.07) is -4.12. The molecule has 2 rings (SSSR count). The molecule has 2 aliphatic heterocycles. The van der Waals surface area contributed by atoms with Crippen LogP contribution in [-0.2, 0) is 75.4 Å². The summed E-state index contributed by atoms with van der Waals surface area (Å²) in [6.07, 6.45) is -1.74. The molecule has 110 heavy (non-hydrogen) atoms. The standard InChI is InChI=1S/C76H142N2O30P2/c1-5-9-13-17-21-25-29-33-37-41-53(80)45-62(87)77-66-72(105-64(89)47-55(82)43-39-35-31-27-23-19-15-11-7-3)70(93)60(103-76(66)108-110(98,99)100)51-102-75-67(78-63(88)46-54(81)42-38-34-30-26-22-18-14-10-6-2)73(106-65(90)48-56(83)44-40-36-32-28-24-20-16-12-8-4)71(107-109(95,96)97)61(104-75)52-101-74(94)58(85)49-57(84)68(91)69(92)59(86)50-79/h53-57,59-61,66-73,75-76,79-84,86,91-93H,5-52H2,1-4H3,(H,77,87)(H,78,88)(H2,95,96,97)(H2,98,99,100)/t53-,54-,55-,56-,57-,59-,60-,61-,66-,67-,68-,69-,70-,71-,72-,73-,75-,76-/m1/s1. The third-order valence-electron chi connectivity index (χ3n) is 20.0. The Morgan fingerprint density at radius 2 is 0.718 bits per heavy atom. The van der Waals surface area contributed by atoms with E-state index in [1.807, 2.05) is 0 Å². The summed E-state index contributed by atoms with van der Waals surface area (Å²) in [4.78, 5) is 125. The second kappa shape index (κ2) is 60.2. The van der Waals surface area contributed by atoms with Gasteiger partial charge in [-0.25, -0.2) is 13.9 Å². The lowest BCUT2D eigenvalue weighted by atomic mass is 9.95. The molecular weight excluding hydrogens is 1480 g/mol. The van der Waals surface area contributed by atoms with E-state index in [-0.39, 0.29) is 25.7 Å². The minimum atomic E-state index is -5.89. The Labute approximate surface area is 651 Å². The molecule has 0 aromatic rings. The van der Waals surface area contributed by atoms with E-state index in [0.29, 0.717) is 38.5 Å². The molecule has 16 N–H and O–H groups in total. The van der Waals surface area contributed by atoms with Gasteiger partial charge < -0.3 is 110 Å². The number of ether oxygens (including phenoxy) is 6. The van der Waals surface area contributed by atoms with Gasteiger partial charge in [0.2, 0.25) is 17.6 Å². The summed E-state index contributed by atoms with van der Waals surface area (Å²) >= 11 is 0. The summed E-state index contributed by atoms with van der Waals surface area (Å²) in [5.74, 6) is -7.98. The highest BCUT2D eigenvalue weighted by Gasteiger charge is 2.55. The fraction of sp³-hybridized carbons (Fsp3) is 0.921. The number of hydrogen-bond acceptors (Lipinski definition) is 26. The van der Waals surface area contributed by atoms with Crippen LogP contribution in [0.5, 0.6) is 0 Å². The van der Waals surface area contributed by atoms with Gasteiger partial charge in [0.15, 0.2) is 24.8 Å². The van der Waals surface area contributed by atoms with Gasteiger partial charge in [-0.15, -0.1) is 0 Å². The molecule has 34 heteroatoms. The zero-order chi connectivity index (χ0) is 81.9. The lowest BCUT2D eigenvalue weighted by molar-refractivity contribution is -0.297. The Hall–Kier alpha value is -3.28. The average Bonchev–Trinajstić information content (AvgIpc) is 0.780. The molecule has 2 heterocycles. The smallest absolute Gasteiger partial charge is 0.457 e. The number of rotatable bonds is 68. The summed E-state index contributed by atoms with van der Waals surface area (Å²) in [7, 11) is -11.6. The van der Waals surface area contributed by atoms with E-state index < -0.39 is 213 Å². The van der Waals surface area contributed by atoms with Crippen molar-refractivity contribution in [3.8, 4) is 0 Å². The number of unbranched alkanes of at least 4 members (excludes halogenated alkanes) is 32. The van der Waals surface area contributed by atoms with Gasteiger partial charge >= 0.3 is 33.6 Å². The van der Waals surface area contributed by atoms with Crippen molar-refractivity contribution in [1.29, 1.82) is 0 Å². The van der Waals surface area contributed by atoms with E-state index in [1.165, 1.54) is 0 Å². The SMILES string of the molecule is CCCCCCCCCCC[C@@H](O)CC(=O)N[C@H]1[C@H](OC[C@H]2O[C@H](OP(=O)(O)O)[C@H](NC(=O)C[C@H](O)CCCCCCCCCCC)[C@@H](OC(=O)C[C@H](O)CCCCCCCCCCC)[C@@H]2O)O[C@H](COC(=O)C(=O)C[C@@H](O)[C@@H](O)[C@H](O)[C@H](O)CO)[C@@H](OP(=O)(O)O)[C@@H]1OC(=O)C[C@H](O)CCCCCCCCCCC. The first-order valence-corrected chi connectivity index (χ1v) is 44.3. The largest absolute Gasteiger partial charge is 0.472 e. The van der Waals surface area contributed by atoms with Crippen LogP contribution in [-0.4, -0.2) is 236 Å². The minimum Gasteiger partial charge on any atom is -0.457 e. The number of phosphoric ester groups is 2. The monoisotopic (exact) mass is 1620 g/mol. The molecule has 32 nitrogen and oxygen atoms in total. The van der Waals surface area contributed by atoms with Crippen LogP contribution in [0.25, 0.3) is 0 Å². The zero-order valence-electron chi connectivity index (χ0n) is 66.0. The summed E-state index contributed by atoms with van der Waals surface area (Å²) in [5.41, 5.74) is 0. The van der Waals surface area contributed by atoms with Crippen LogP contribution >= 0.6 is 15.6 Å². The second-order valence-corrected chi connectivity index (χ2v) is 32.5. The molecule has 0 aromatic heterocycles. The number of amides is 2. The number of aliphatic hydroxyl groups is 10. The van der Waals surface area contributed by atoms with Gasteiger partial charge in [-0.1, -0.05) is 259 Å². The highest BCUT2D eigenvalue weighted by Crippen LogP contribution is 2.44. The molecule has 18 atom stereocenters. The van der Waals surface area contributed by atoms with Crippen LogP contribution < -0.4 is 10.6 Å². The quantitative estimate of drug-likeness (QED) is 0.00906. The van der Waals surface area contributed by atoms with Crippen molar-refractivity contribution >= 4 is 51.2 Å². The predicted molar refractivity (Wildman–Crippen MR) is 405 cm³/mol. The number of ketones is 1. The Balaban J connectivity index is 2.82. The molecule has 0 aliphatic carbocycles. The Kier molecular flexibility index (Phi) is 56.3. The van der Waals surface area contributed by atoms with Gasteiger partial charge in [0.1, 0.15) is 61.4 Å². The maximum absolute atomic E-state index is 14.4. The van der Waals surface area contributed by atoms with Gasteiger partial charge in [-0.2, -0.15) is 0 Å². The number of carbonyl (C=O) groups excluding carboxylic acids is 6. The molecule has 0 bridgehead atoms. The highest BCUT2D eigenvalue weighted by atomic mass is 31.2. The zero-order valence-corrected chi connectivity index (χ0v) is 67.8. The number of aliphatic hydroxyl groups excluding tert-OH is 10. The normalized spacial score (nSPS) is 22.6. The van der Waals surface area contributed by atoms with Crippen LogP contribution in [0.1, 0.15) is 317 Å². The van der Waals surface area contributed by atoms with Crippen molar-refractivity contribution in [1.82, 2.24) is 10.6 Å². The number of phosphoric acid groups is 2. The first-order valence-electron chi connectivity index (χ1n) is 41.2. The van der Waals surface area contributed by atoms with Gasteiger partial charge in [0.05, 0.1) is 69.4 Å². The Morgan fingerprint density at radius 3 is 1.08 bits per heavy atom. The summed E-state index contributed by atoms with van der Waals surface area (Å²) < 4.78 is 71.6. The number of esters is 3. The molecule has 0 radical (unpaired) electrons. The van der Waals surface area contributed by atoms with Gasteiger partial charge in [0, 0.05) is 6.42 Å². The topological polar surface area (TPSA) is 518 Å². The number of nitrogens with one attached hydrogen (secondary N) is 2. The first-order chi connectivity index (χ1) is 52.4. The number of Topliss-reactive ketones (excluding diaryl/α,β-unsaturated/α-hetero) is 1. The molecule has 0 saturated carbocycles. The first kappa shape index (κ1) is 103. The Morgan fingerprint density at radius 1 is 0.391 bits per heavy atom. The van der Waals surface area contributed by atoms with Crippen molar-refractivity contribution in [3.05, 3.63) is 0 Å². The third-order valence-corrected chi connectivity index (χ3v) is 21.0. The van der Waals surface area contributed by atoms with Gasteiger partial charge in [-0.05, 0) is 25.7 Å². The van der Waals surface area contributed by atoms with E-state index in [4.69, 9.17) is 37.5 Å². The molecule has 2 amide bonds. The maximum Gasteiger partial charge on any atom is 0.472 e. The van der Waals surface area contributed by atoms with E-state index in [1.54, 1.807) is 0 Å². The van der Waals surface area contributed by atoms with Crippen molar-refractivity contribution in [3.63, 3.8) is 0 Å². The number of carbonyl (C=O) groups is 6. The van der Waals surface area contributed by atoms with E-state index in [2.05, 4.69) is 38.3 Å². The molecule has 0 aromatic carbocycles. The van der Waals surface area contributed by atoms with E-state index >= 15 is 0 Å². The van der Waals surface area contributed by atoms with Crippen molar-refractivity contribution in [2.75, 3.05) is 19.8 Å². The lowest BCUT2D eigenvalue weighted by Gasteiger charge is -2.47. The second-order valence-electron chi connectivity index (χ2n) is 30.1. The molecule has 0 spiro atoms. The van der Waals surface area contributed by atoms with Crippen molar-refractivity contribution in [2.24, 2.45) is 0 Å². The maximum atomic E-state index is 14.4. The highest BCUT2D eigenvalue weighted by molar-refractivity contribution is 7.46. The summed E-state index contributed by atoms with van der Waals surface area (Å²) in [5, 5.41) is 112. The Bertz CT molecular complexity index is 2560. The fourth-order valence-corrected chi connectivity index (χ4v) is 14.6.